The van der Waals surface area contributed by atoms with E-state index in [2.05, 4.69) is 4.90 Å². The van der Waals surface area contributed by atoms with Gasteiger partial charge in [-0.3, -0.25) is 4.79 Å². The van der Waals surface area contributed by atoms with Crippen LogP contribution >= 0.6 is 0 Å². The van der Waals surface area contributed by atoms with Crippen LogP contribution in [0, 0.1) is 0 Å². The predicted octanol–water partition coefficient (Wildman–Crippen LogP) is 3.23. The van der Waals surface area contributed by atoms with Gasteiger partial charge in [0, 0.05) is 19.2 Å². The highest BCUT2D eigenvalue weighted by atomic mass is 16.5. The topological polar surface area (TPSA) is 68.2 Å². The average Bonchev–Trinajstić information content (AvgIpc) is 2.71. The van der Waals surface area contributed by atoms with E-state index < -0.39 is 6.10 Å². The molecule has 1 fully saturated rings. The minimum atomic E-state index is -0.534. The Morgan fingerprint density at radius 1 is 1.14 bits per heavy atom. The quantitative estimate of drug-likeness (QED) is 0.550. The van der Waals surface area contributed by atoms with Gasteiger partial charge in [0.2, 0.25) is 0 Å². The second kappa shape index (κ2) is 11.9. The van der Waals surface area contributed by atoms with Crippen LogP contribution in [0.15, 0.2) is 12.1 Å². The fourth-order valence-electron chi connectivity index (χ4n) is 3.36. The number of carbonyl (C=O) groups is 1. The third-order valence-corrected chi connectivity index (χ3v) is 5.15. The van der Waals surface area contributed by atoms with Gasteiger partial charge in [-0.1, -0.05) is 6.42 Å². The number of ketones is 1. The summed E-state index contributed by atoms with van der Waals surface area (Å²) in [5.74, 6) is 1.85. The molecule has 1 aliphatic rings. The van der Waals surface area contributed by atoms with E-state index in [1.54, 1.807) is 14.0 Å². The van der Waals surface area contributed by atoms with E-state index in [1.165, 1.54) is 39.3 Å². The number of aryl methyl sites for hydroxylation is 1. The molecule has 1 aromatic rings. The van der Waals surface area contributed by atoms with Crippen LogP contribution in [0.3, 0.4) is 0 Å². The van der Waals surface area contributed by atoms with Crippen LogP contribution in [0.2, 0.25) is 0 Å². The standard InChI is InChI=1S/C22H35NO5/c1-17(25)18(2)28-20-16-22(21(26-3)15-19(20)9-7-13-24)27-14-8-12-23-10-5-4-6-11-23/h15-16,18,24H,4-14H2,1-3H3. The number of carbonyl (C=O) groups excluding carboxylic acids is 1. The summed E-state index contributed by atoms with van der Waals surface area (Å²) in [7, 11) is 1.62. The molecule has 0 amide bonds. The number of hydrogen-bond donors (Lipinski definition) is 1. The molecule has 1 N–H and O–H groups in total. The second-order valence-corrected chi connectivity index (χ2v) is 7.41. The summed E-state index contributed by atoms with van der Waals surface area (Å²) < 4.78 is 17.4. The number of likely N-dealkylation sites (tertiary alicyclic amines) is 1. The molecule has 1 saturated heterocycles. The molecule has 1 unspecified atom stereocenters. The predicted molar refractivity (Wildman–Crippen MR) is 110 cm³/mol. The first kappa shape index (κ1) is 22.5. The number of aliphatic hydroxyl groups is 1. The van der Waals surface area contributed by atoms with E-state index in [0.29, 0.717) is 36.7 Å². The molecule has 158 valence electrons. The van der Waals surface area contributed by atoms with Crippen LogP contribution in [0.5, 0.6) is 17.2 Å². The maximum atomic E-state index is 11.6. The molecule has 0 aliphatic carbocycles. The smallest absolute Gasteiger partial charge is 0.169 e. The van der Waals surface area contributed by atoms with Crippen molar-refractivity contribution in [1.29, 1.82) is 0 Å². The Bertz CT molecular complexity index is 613. The molecule has 2 rings (SSSR count). The second-order valence-electron chi connectivity index (χ2n) is 7.41. The molecule has 1 atom stereocenters. The van der Waals surface area contributed by atoms with Gasteiger partial charge in [-0.2, -0.15) is 0 Å². The van der Waals surface area contributed by atoms with Crippen molar-refractivity contribution in [3.8, 4) is 17.2 Å². The zero-order valence-electron chi connectivity index (χ0n) is 17.5. The van der Waals surface area contributed by atoms with Crippen LogP contribution in [0.4, 0.5) is 0 Å². The van der Waals surface area contributed by atoms with E-state index in [-0.39, 0.29) is 12.4 Å². The Labute approximate surface area is 168 Å². The number of rotatable bonds is 12. The van der Waals surface area contributed by atoms with Gasteiger partial charge in [-0.05, 0) is 70.7 Å². The van der Waals surface area contributed by atoms with Crippen LogP contribution in [-0.4, -0.2) is 61.9 Å². The SMILES string of the molecule is COc1cc(CCCO)c(OC(C)C(C)=O)cc1OCCCN1CCCCC1. The molecule has 6 heteroatoms. The van der Waals surface area contributed by atoms with E-state index in [9.17, 15) is 4.79 Å². The van der Waals surface area contributed by atoms with Crippen molar-refractivity contribution in [3.05, 3.63) is 17.7 Å². The highest BCUT2D eigenvalue weighted by molar-refractivity contribution is 5.80. The lowest BCUT2D eigenvalue weighted by Crippen LogP contribution is -2.31. The Hall–Kier alpha value is -1.79. The van der Waals surface area contributed by atoms with Crippen molar-refractivity contribution in [3.63, 3.8) is 0 Å². The maximum absolute atomic E-state index is 11.6. The molecule has 0 bridgehead atoms. The van der Waals surface area contributed by atoms with E-state index in [0.717, 1.165) is 18.5 Å². The van der Waals surface area contributed by atoms with Gasteiger partial charge < -0.3 is 24.2 Å². The van der Waals surface area contributed by atoms with Gasteiger partial charge in [0.25, 0.3) is 0 Å². The first-order chi connectivity index (χ1) is 13.5. The Balaban J connectivity index is 2.04. The van der Waals surface area contributed by atoms with E-state index >= 15 is 0 Å². The van der Waals surface area contributed by atoms with E-state index in [4.69, 9.17) is 19.3 Å². The van der Waals surface area contributed by atoms with Crippen molar-refractivity contribution >= 4 is 5.78 Å². The zero-order valence-corrected chi connectivity index (χ0v) is 17.5. The van der Waals surface area contributed by atoms with Crippen LogP contribution < -0.4 is 14.2 Å². The van der Waals surface area contributed by atoms with Crippen molar-refractivity contribution in [2.24, 2.45) is 0 Å². The Morgan fingerprint density at radius 2 is 1.89 bits per heavy atom. The lowest BCUT2D eigenvalue weighted by Gasteiger charge is -2.26. The van der Waals surface area contributed by atoms with E-state index in [1.807, 2.05) is 12.1 Å². The summed E-state index contributed by atoms with van der Waals surface area (Å²) in [4.78, 5) is 14.1. The van der Waals surface area contributed by atoms with Gasteiger partial charge in [0.1, 0.15) is 5.75 Å². The number of Topliss-reactive ketones (excluding diaryl/α,β-unsaturated/α-hetero) is 1. The number of piperidine rings is 1. The minimum Gasteiger partial charge on any atom is -0.493 e. The number of nitrogens with zero attached hydrogens (tertiary/aromatic N) is 1. The molecule has 0 radical (unpaired) electrons. The summed E-state index contributed by atoms with van der Waals surface area (Å²) in [6.07, 6.45) is 5.60. The third kappa shape index (κ3) is 6.99. The summed E-state index contributed by atoms with van der Waals surface area (Å²) in [5, 5.41) is 9.17. The number of benzene rings is 1. The fourth-order valence-corrected chi connectivity index (χ4v) is 3.36. The summed E-state index contributed by atoms with van der Waals surface area (Å²) in [5.41, 5.74) is 0.902. The molecule has 0 spiro atoms. The Morgan fingerprint density at radius 3 is 2.54 bits per heavy atom. The van der Waals surface area contributed by atoms with Crippen molar-refractivity contribution in [2.75, 3.05) is 40.0 Å². The summed E-state index contributed by atoms with van der Waals surface area (Å²) in [6, 6.07) is 3.70. The van der Waals surface area contributed by atoms with Crippen LogP contribution in [0.25, 0.3) is 0 Å². The molecular weight excluding hydrogens is 358 g/mol. The monoisotopic (exact) mass is 393 g/mol. The molecule has 0 aromatic heterocycles. The molecule has 1 aliphatic heterocycles. The summed E-state index contributed by atoms with van der Waals surface area (Å²) >= 11 is 0. The van der Waals surface area contributed by atoms with Crippen LogP contribution in [0.1, 0.15) is 51.5 Å². The van der Waals surface area contributed by atoms with Gasteiger partial charge in [0.15, 0.2) is 23.4 Å². The molecule has 28 heavy (non-hydrogen) atoms. The van der Waals surface area contributed by atoms with Gasteiger partial charge >= 0.3 is 0 Å². The maximum Gasteiger partial charge on any atom is 0.169 e. The molecule has 0 saturated carbocycles. The highest BCUT2D eigenvalue weighted by Crippen LogP contribution is 2.36. The first-order valence-electron chi connectivity index (χ1n) is 10.4. The normalized spacial score (nSPS) is 15.9. The molecule has 6 nitrogen and oxygen atoms in total. The van der Waals surface area contributed by atoms with Crippen molar-refractivity contribution in [2.45, 2.75) is 58.5 Å². The number of hydrogen-bond acceptors (Lipinski definition) is 6. The summed E-state index contributed by atoms with van der Waals surface area (Å²) in [6.45, 7) is 7.36. The van der Waals surface area contributed by atoms with Crippen molar-refractivity contribution < 1.29 is 24.1 Å². The largest absolute Gasteiger partial charge is 0.493 e. The Kier molecular flexibility index (Phi) is 9.58. The number of ether oxygens (including phenoxy) is 3. The highest BCUT2D eigenvalue weighted by Gasteiger charge is 2.17. The molecule has 1 aromatic carbocycles. The number of methoxy groups -OCH3 is 1. The van der Waals surface area contributed by atoms with Crippen molar-refractivity contribution in [1.82, 2.24) is 4.90 Å². The van der Waals surface area contributed by atoms with Crippen LogP contribution in [-0.2, 0) is 11.2 Å². The van der Waals surface area contributed by atoms with Gasteiger partial charge in [0.05, 0.1) is 13.7 Å². The first-order valence-corrected chi connectivity index (χ1v) is 10.4. The number of aliphatic hydroxyl groups excluding tert-OH is 1. The average molecular weight is 394 g/mol. The molecule has 1 heterocycles. The lowest BCUT2D eigenvalue weighted by molar-refractivity contribution is -0.122. The lowest BCUT2D eigenvalue weighted by atomic mass is 10.1. The third-order valence-electron chi connectivity index (χ3n) is 5.15. The zero-order chi connectivity index (χ0) is 20.4. The van der Waals surface area contributed by atoms with Gasteiger partial charge in [-0.15, -0.1) is 0 Å². The molecular formula is C22H35NO5. The van der Waals surface area contributed by atoms with Gasteiger partial charge in [-0.25, -0.2) is 0 Å². The minimum absolute atomic E-state index is 0.0343. The fraction of sp³-hybridized carbons (Fsp3) is 0.682.